The Balaban J connectivity index is 1.86. The Morgan fingerprint density at radius 3 is 2.53 bits per heavy atom. The fourth-order valence-corrected chi connectivity index (χ4v) is 2.99. The summed E-state index contributed by atoms with van der Waals surface area (Å²) in [7, 11) is 1.57. The number of terminal acetylenes is 1. The zero-order valence-corrected chi connectivity index (χ0v) is 17.4. The molecule has 2 aromatic carbocycles. The second-order valence-corrected chi connectivity index (χ2v) is 6.63. The quantitative estimate of drug-likeness (QED) is 0.541. The number of nitrogens with one attached hydrogen (secondary N) is 1. The average Bonchev–Trinajstić information content (AvgIpc) is 2.76. The van der Waals surface area contributed by atoms with E-state index in [4.69, 9.17) is 20.6 Å². The highest BCUT2D eigenvalue weighted by Crippen LogP contribution is 2.28. The molecule has 0 aliphatic carbocycles. The van der Waals surface area contributed by atoms with Gasteiger partial charge < -0.3 is 19.5 Å². The highest BCUT2D eigenvalue weighted by atomic mass is 19.1. The van der Waals surface area contributed by atoms with Crippen LogP contribution in [-0.4, -0.2) is 38.9 Å². The molecule has 0 saturated heterocycles. The summed E-state index contributed by atoms with van der Waals surface area (Å²) in [6.07, 6.45) is 6.46. The van der Waals surface area contributed by atoms with Crippen molar-refractivity contribution in [3.63, 3.8) is 0 Å². The van der Waals surface area contributed by atoms with Gasteiger partial charge in [-0.25, -0.2) is 4.39 Å². The fourth-order valence-electron chi connectivity index (χ4n) is 2.99. The molecule has 0 aliphatic heterocycles. The molecule has 5 nitrogen and oxygen atoms in total. The largest absolute Gasteiger partial charge is 0.493 e. The lowest BCUT2D eigenvalue weighted by atomic mass is 10.1. The van der Waals surface area contributed by atoms with Crippen molar-refractivity contribution in [2.24, 2.45) is 0 Å². The third-order valence-electron chi connectivity index (χ3n) is 4.52. The Labute approximate surface area is 177 Å². The van der Waals surface area contributed by atoms with E-state index in [1.807, 2.05) is 19.1 Å². The van der Waals surface area contributed by atoms with E-state index in [0.717, 1.165) is 11.1 Å². The third-order valence-corrected chi connectivity index (χ3v) is 4.52. The van der Waals surface area contributed by atoms with Crippen LogP contribution >= 0.6 is 0 Å². The number of aryl methyl sites for hydroxylation is 1. The minimum atomic E-state index is -0.547. The summed E-state index contributed by atoms with van der Waals surface area (Å²) in [4.78, 5) is 12.5. The standard InChI is InChI=1S/C24H28FNO4/c1-4-16-30-21-12-9-19(17-23(21)28-3)14-15-26-24(27)22(29-5-2)13-8-18-6-10-20(25)11-7-18/h1,6-7,9-12,17,22H,5,8,13-16H2,2-3H3,(H,26,27). The molecule has 0 aromatic heterocycles. The number of hydrogen-bond donors (Lipinski definition) is 1. The van der Waals surface area contributed by atoms with E-state index < -0.39 is 6.10 Å². The number of ether oxygens (including phenoxy) is 3. The molecule has 0 radical (unpaired) electrons. The lowest BCUT2D eigenvalue weighted by molar-refractivity contribution is -0.132. The van der Waals surface area contributed by atoms with Gasteiger partial charge in [0.15, 0.2) is 11.5 Å². The maximum atomic E-state index is 13.0. The highest BCUT2D eigenvalue weighted by molar-refractivity contribution is 5.80. The van der Waals surface area contributed by atoms with Crippen LogP contribution < -0.4 is 14.8 Å². The van der Waals surface area contributed by atoms with Gasteiger partial charge in [0.25, 0.3) is 0 Å². The number of rotatable bonds is 12. The van der Waals surface area contributed by atoms with E-state index in [2.05, 4.69) is 11.2 Å². The maximum Gasteiger partial charge on any atom is 0.249 e. The first kappa shape index (κ1) is 23.2. The smallest absolute Gasteiger partial charge is 0.249 e. The topological polar surface area (TPSA) is 56.8 Å². The SMILES string of the molecule is C#CCOc1ccc(CCNC(=O)C(CCc2ccc(F)cc2)OCC)cc1OC. The Hall–Kier alpha value is -3.04. The van der Waals surface area contributed by atoms with E-state index in [0.29, 0.717) is 43.9 Å². The van der Waals surface area contributed by atoms with Crippen molar-refractivity contribution in [2.45, 2.75) is 32.3 Å². The van der Waals surface area contributed by atoms with Gasteiger partial charge in [-0.2, -0.15) is 0 Å². The van der Waals surface area contributed by atoms with Crippen LogP contribution in [0.3, 0.4) is 0 Å². The molecule has 0 bridgehead atoms. The maximum absolute atomic E-state index is 13.0. The van der Waals surface area contributed by atoms with Crippen molar-refractivity contribution in [2.75, 3.05) is 26.9 Å². The molecule has 2 rings (SSSR count). The van der Waals surface area contributed by atoms with Gasteiger partial charge in [-0.3, -0.25) is 4.79 Å². The van der Waals surface area contributed by atoms with Gasteiger partial charge in [-0.1, -0.05) is 24.1 Å². The average molecular weight is 413 g/mol. The van der Waals surface area contributed by atoms with Gasteiger partial charge in [-0.15, -0.1) is 6.42 Å². The van der Waals surface area contributed by atoms with Crippen LogP contribution in [0.5, 0.6) is 11.5 Å². The third kappa shape index (κ3) is 7.41. The van der Waals surface area contributed by atoms with Crippen molar-refractivity contribution in [1.82, 2.24) is 5.32 Å². The molecule has 30 heavy (non-hydrogen) atoms. The lowest BCUT2D eigenvalue weighted by Gasteiger charge is -2.17. The molecular weight excluding hydrogens is 385 g/mol. The number of carbonyl (C=O) groups is 1. The summed E-state index contributed by atoms with van der Waals surface area (Å²) in [5, 5.41) is 2.93. The van der Waals surface area contributed by atoms with E-state index in [1.54, 1.807) is 25.3 Å². The van der Waals surface area contributed by atoms with E-state index in [-0.39, 0.29) is 18.3 Å². The Morgan fingerprint density at radius 2 is 1.87 bits per heavy atom. The number of benzene rings is 2. The zero-order chi connectivity index (χ0) is 21.8. The van der Waals surface area contributed by atoms with Crippen LogP contribution in [0, 0.1) is 18.2 Å². The van der Waals surface area contributed by atoms with Crippen LogP contribution in [0.25, 0.3) is 0 Å². The summed E-state index contributed by atoms with van der Waals surface area (Å²) in [5.74, 6) is 3.17. The first-order valence-corrected chi connectivity index (χ1v) is 9.94. The van der Waals surface area contributed by atoms with Crippen molar-refractivity contribution in [3.05, 3.63) is 59.4 Å². The predicted octanol–water partition coefficient (Wildman–Crippen LogP) is 3.54. The molecule has 0 fully saturated rings. The monoisotopic (exact) mass is 413 g/mol. The first-order valence-electron chi connectivity index (χ1n) is 9.94. The van der Waals surface area contributed by atoms with E-state index in [1.165, 1.54) is 12.1 Å². The predicted molar refractivity (Wildman–Crippen MR) is 114 cm³/mol. The van der Waals surface area contributed by atoms with Crippen LogP contribution in [0.2, 0.25) is 0 Å². The van der Waals surface area contributed by atoms with Gasteiger partial charge in [0, 0.05) is 13.2 Å². The Kier molecular flexibility index (Phi) is 9.69. The van der Waals surface area contributed by atoms with Gasteiger partial charge in [0.2, 0.25) is 5.91 Å². The summed E-state index contributed by atoms with van der Waals surface area (Å²) in [6, 6.07) is 11.9. The summed E-state index contributed by atoms with van der Waals surface area (Å²) >= 11 is 0. The van der Waals surface area contributed by atoms with E-state index >= 15 is 0 Å². The molecule has 0 heterocycles. The van der Waals surface area contributed by atoms with E-state index in [9.17, 15) is 9.18 Å². The minimum absolute atomic E-state index is 0.153. The minimum Gasteiger partial charge on any atom is -0.493 e. The first-order chi connectivity index (χ1) is 14.6. The highest BCUT2D eigenvalue weighted by Gasteiger charge is 2.18. The molecule has 1 atom stereocenters. The Morgan fingerprint density at radius 1 is 1.13 bits per heavy atom. The normalized spacial score (nSPS) is 11.4. The molecule has 0 aliphatic rings. The number of hydrogen-bond acceptors (Lipinski definition) is 4. The number of halogens is 1. The number of methoxy groups -OCH3 is 1. The lowest BCUT2D eigenvalue weighted by Crippen LogP contribution is -2.37. The van der Waals surface area contributed by atoms with Crippen LogP contribution in [0.15, 0.2) is 42.5 Å². The molecule has 0 spiro atoms. The zero-order valence-electron chi connectivity index (χ0n) is 17.4. The Bertz CT molecular complexity index is 845. The second-order valence-electron chi connectivity index (χ2n) is 6.63. The van der Waals surface area contributed by atoms with Gasteiger partial charge in [0.05, 0.1) is 7.11 Å². The molecule has 2 aromatic rings. The van der Waals surface area contributed by atoms with Crippen LogP contribution in [0.4, 0.5) is 4.39 Å². The molecule has 0 saturated carbocycles. The van der Waals surface area contributed by atoms with Crippen molar-refractivity contribution in [1.29, 1.82) is 0 Å². The molecular formula is C24H28FNO4. The van der Waals surface area contributed by atoms with Gasteiger partial charge in [-0.05, 0) is 61.6 Å². The fraction of sp³-hybridized carbons (Fsp3) is 0.375. The molecule has 6 heteroatoms. The van der Waals surface area contributed by atoms with Crippen LogP contribution in [0.1, 0.15) is 24.5 Å². The van der Waals surface area contributed by atoms with Gasteiger partial charge in [0.1, 0.15) is 18.5 Å². The van der Waals surface area contributed by atoms with Crippen LogP contribution in [-0.2, 0) is 22.4 Å². The van der Waals surface area contributed by atoms with Crippen molar-refractivity contribution in [3.8, 4) is 23.8 Å². The number of carbonyl (C=O) groups excluding carboxylic acids is 1. The molecule has 1 N–H and O–H groups in total. The van der Waals surface area contributed by atoms with Crippen molar-refractivity contribution >= 4 is 5.91 Å². The van der Waals surface area contributed by atoms with Gasteiger partial charge >= 0.3 is 0 Å². The summed E-state index contributed by atoms with van der Waals surface area (Å²) in [6.45, 7) is 2.93. The molecule has 160 valence electrons. The molecule has 1 amide bonds. The summed E-state index contributed by atoms with van der Waals surface area (Å²) in [5.41, 5.74) is 1.97. The number of amides is 1. The second kappa shape index (κ2) is 12.5. The van der Waals surface area contributed by atoms with Crippen molar-refractivity contribution < 1.29 is 23.4 Å². The molecule has 1 unspecified atom stereocenters. The summed E-state index contributed by atoms with van der Waals surface area (Å²) < 4.78 is 29.4.